The number of ether oxygens (including phenoxy) is 1. The van der Waals surface area contributed by atoms with Gasteiger partial charge in [0.05, 0.1) is 10.0 Å². The first kappa shape index (κ1) is 17.8. The maximum Gasteiger partial charge on any atom is 0.129 e. The molecule has 4 nitrogen and oxygen atoms in total. The van der Waals surface area contributed by atoms with Gasteiger partial charge in [0.15, 0.2) is 0 Å². The molecule has 0 saturated carbocycles. The van der Waals surface area contributed by atoms with Gasteiger partial charge in [0.1, 0.15) is 24.3 Å². The lowest BCUT2D eigenvalue weighted by molar-refractivity contribution is 0.106. The van der Waals surface area contributed by atoms with Crippen LogP contribution in [-0.4, -0.2) is 24.4 Å². The molecule has 2 aromatic carbocycles. The average Bonchev–Trinajstić information content (AvgIpc) is 2.51. The Morgan fingerprint density at radius 3 is 2.70 bits per heavy atom. The first-order valence-electron chi connectivity index (χ1n) is 6.97. The van der Waals surface area contributed by atoms with Crippen molar-refractivity contribution in [2.24, 2.45) is 0 Å². The number of benzene rings is 2. The van der Waals surface area contributed by atoms with E-state index in [1.807, 2.05) is 0 Å². The van der Waals surface area contributed by atoms with Crippen LogP contribution in [0.3, 0.4) is 0 Å². The SMILES string of the molecule is Nc1cccc(F)c1CNC[C@H](O)COc1ccc(Cl)c(Cl)c1. The van der Waals surface area contributed by atoms with Crippen molar-refractivity contribution in [3.8, 4) is 5.75 Å². The average molecular weight is 359 g/mol. The number of nitrogen functional groups attached to an aromatic ring is 1. The predicted molar refractivity (Wildman–Crippen MR) is 90.5 cm³/mol. The molecule has 0 amide bonds. The van der Waals surface area contributed by atoms with Gasteiger partial charge in [-0.2, -0.15) is 0 Å². The summed E-state index contributed by atoms with van der Waals surface area (Å²) in [5.41, 5.74) is 6.46. The summed E-state index contributed by atoms with van der Waals surface area (Å²) in [7, 11) is 0. The molecular weight excluding hydrogens is 342 g/mol. The van der Waals surface area contributed by atoms with Gasteiger partial charge in [-0.15, -0.1) is 0 Å². The minimum atomic E-state index is -0.766. The van der Waals surface area contributed by atoms with E-state index in [0.717, 1.165) is 0 Å². The second kappa shape index (κ2) is 8.36. The number of nitrogens with two attached hydrogens (primary N) is 1. The van der Waals surface area contributed by atoms with Gasteiger partial charge >= 0.3 is 0 Å². The summed E-state index contributed by atoms with van der Waals surface area (Å²) in [5, 5.41) is 13.6. The number of hydrogen-bond acceptors (Lipinski definition) is 4. The standard InChI is InChI=1S/C16H17Cl2FN2O2/c17-13-5-4-11(6-14(13)18)23-9-10(22)7-21-8-12-15(19)2-1-3-16(12)20/h1-6,10,21-22H,7-9,20H2/t10-/m0/s1. The highest BCUT2D eigenvalue weighted by Crippen LogP contribution is 2.26. The van der Waals surface area contributed by atoms with Crippen LogP contribution in [0.25, 0.3) is 0 Å². The molecule has 23 heavy (non-hydrogen) atoms. The summed E-state index contributed by atoms with van der Waals surface area (Å²) in [6.07, 6.45) is -0.766. The second-order valence-corrected chi connectivity index (χ2v) is 5.79. The van der Waals surface area contributed by atoms with Crippen molar-refractivity contribution < 1.29 is 14.2 Å². The minimum absolute atomic E-state index is 0.0672. The van der Waals surface area contributed by atoms with E-state index in [9.17, 15) is 9.50 Å². The predicted octanol–water partition coefficient (Wildman–Crippen LogP) is 3.24. The van der Waals surface area contributed by atoms with E-state index in [-0.39, 0.29) is 25.5 Å². The maximum absolute atomic E-state index is 13.6. The second-order valence-electron chi connectivity index (χ2n) is 4.98. The zero-order valence-electron chi connectivity index (χ0n) is 12.2. The molecule has 0 heterocycles. The molecule has 0 unspecified atom stereocenters. The van der Waals surface area contributed by atoms with Crippen molar-refractivity contribution in [3.05, 3.63) is 57.8 Å². The monoisotopic (exact) mass is 358 g/mol. The summed E-state index contributed by atoms with van der Waals surface area (Å²) in [6.45, 7) is 0.523. The number of hydrogen-bond donors (Lipinski definition) is 3. The molecule has 0 spiro atoms. The third-order valence-corrected chi connectivity index (χ3v) is 3.91. The van der Waals surface area contributed by atoms with E-state index in [0.29, 0.717) is 27.0 Å². The quantitative estimate of drug-likeness (QED) is 0.664. The maximum atomic E-state index is 13.6. The number of halogens is 3. The lowest BCUT2D eigenvalue weighted by Crippen LogP contribution is -2.31. The first-order chi connectivity index (χ1) is 11.0. The zero-order valence-corrected chi connectivity index (χ0v) is 13.7. The van der Waals surface area contributed by atoms with Gasteiger partial charge in [-0.1, -0.05) is 29.3 Å². The highest BCUT2D eigenvalue weighted by atomic mass is 35.5. The van der Waals surface area contributed by atoms with Crippen LogP contribution in [0.15, 0.2) is 36.4 Å². The Kier molecular flexibility index (Phi) is 6.47. The Morgan fingerprint density at radius 1 is 1.22 bits per heavy atom. The van der Waals surface area contributed by atoms with Crippen LogP contribution in [0, 0.1) is 5.82 Å². The number of aliphatic hydroxyl groups excluding tert-OH is 1. The van der Waals surface area contributed by atoms with Crippen molar-refractivity contribution in [1.82, 2.24) is 5.32 Å². The molecule has 0 fully saturated rings. The van der Waals surface area contributed by atoms with Gasteiger partial charge in [0.25, 0.3) is 0 Å². The van der Waals surface area contributed by atoms with Gasteiger partial charge in [-0.25, -0.2) is 4.39 Å². The molecule has 124 valence electrons. The molecule has 1 atom stereocenters. The van der Waals surface area contributed by atoms with Gasteiger partial charge in [-0.3, -0.25) is 0 Å². The molecular formula is C16H17Cl2FN2O2. The van der Waals surface area contributed by atoms with Crippen LogP contribution in [0.4, 0.5) is 10.1 Å². The largest absolute Gasteiger partial charge is 0.491 e. The van der Waals surface area contributed by atoms with Gasteiger partial charge < -0.3 is 20.9 Å². The molecule has 0 aliphatic rings. The van der Waals surface area contributed by atoms with Crippen LogP contribution in [-0.2, 0) is 6.54 Å². The molecule has 7 heteroatoms. The fraction of sp³-hybridized carbons (Fsp3) is 0.250. The smallest absolute Gasteiger partial charge is 0.129 e. The third kappa shape index (κ3) is 5.25. The van der Waals surface area contributed by atoms with Crippen molar-refractivity contribution in [2.45, 2.75) is 12.6 Å². The lowest BCUT2D eigenvalue weighted by Gasteiger charge is -2.14. The minimum Gasteiger partial charge on any atom is -0.491 e. The van der Waals surface area contributed by atoms with Gasteiger partial charge in [0.2, 0.25) is 0 Å². The summed E-state index contributed by atoms with van der Waals surface area (Å²) in [5.74, 6) is 0.135. The summed E-state index contributed by atoms with van der Waals surface area (Å²) >= 11 is 11.7. The normalized spacial score (nSPS) is 12.2. The Labute approximate surface area is 144 Å². The fourth-order valence-corrected chi connectivity index (χ4v) is 2.23. The van der Waals surface area contributed by atoms with Crippen molar-refractivity contribution in [3.63, 3.8) is 0 Å². The number of anilines is 1. The molecule has 0 bridgehead atoms. The molecule has 4 N–H and O–H groups in total. The molecule has 0 radical (unpaired) electrons. The van der Waals surface area contributed by atoms with E-state index >= 15 is 0 Å². The van der Waals surface area contributed by atoms with Crippen molar-refractivity contribution >= 4 is 28.9 Å². The molecule has 0 aromatic heterocycles. The first-order valence-corrected chi connectivity index (χ1v) is 7.72. The fourth-order valence-electron chi connectivity index (χ4n) is 1.94. The topological polar surface area (TPSA) is 67.5 Å². The van der Waals surface area contributed by atoms with Crippen LogP contribution in [0.5, 0.6) is 5.75 Å². The molecule has 0 aliphatic heterocycles. The zero-order chi connectivity index (χ0) is 16.8. The molecule has 0 saturated heterocycles. The van der Waals surface area contributed by atoms with Crippen LogP contribution < -0.4 is 15.8 Å². The molecule has 2 rings (SSSR count). The lowest BCUT2D eigenvalue weighted by atomic mass is 10.1. The Balaban J connectivity index is 1.77. The van der Waals surface area contributed by atoms with Crippen molar-refractivity contribution in [2.75, 3.05) is 18.9 Å². The number of aliphatic hydroxyl groups is 1. The van der Waals surface area contributed by atoms with E-state index in [2.05, 4.69) is 5.32 Å². The summed E-state index contributed by atoms with van der Waals surface area (Å²) < 4.78 is 19.0. The van der Waals surface area contributed by atoms with Crippen molar-refractivity contribution in [1.29, 1.82) is 0 Å². The summed E-state index contributed by atoms with van der Waals surface area (Å²) in [6, 6.07) is 9.37. The highest BCUT2D eigenvalue weighted by molar-refractivity contribution is 6.42. The van der Waals surface area contributed by atoms with Crippen LogP contribution in [0.2, 0.25) is 10.0 Å². The third-order valence-electron chi connectivity index (χ3n) is 3.17. The Morgan fingerprint density at radius 2 is 2.00 bits per heavy atom. The van der Waals surface area contributed by atoms with Crippen LogP contribution >= 0.6 is 23.2 Å². The summed E-state index contributed by atoms with van der Waals surface area (Å²) in [4.78, 5) is 0. The van der Waals surface area contributed by atoms with E-state index in [1.54, 1.807) is 30.3 Å². The van der Waals surface area contributed by atoms with E-state index in [1.165, 1.54) is 6.07 Å². The van der Waals surface area contributed by atoms with E-state index < -0.39 is 6.10 Å². The van der Waals surface area contributed by atoms with Gasteiger partial charge in [-0.05, 0) is 24.3 Å². The van der Waals surface area contributed by atoms with Gasteiger partial charge in [0, 0.05) is 30.4 Å². The number of rotatable bonds is 7. The highest BCUT2D eigenvalue weighted by Gasteiger charge is 2.09. The van der Waals surface area contributed by atoms with E-state index in [4.69, 9.17) is 33.7 Å². The van der Waals surface area contributed by atoms with Crippen LogP contribution in [0.1, 0.15) is 5.56 Å². The Hall–Kier alpha value is -1.53. The molecule has 0 aliphatic carbocycles. The Bertz CT molecular complexity index is 650. The number of nitrogens with one attached hydrogen (secondary N) is 1. The molecule has 2 aromatic rings.